The van der Waals surface area contributed by atoms with E-state index < -0.39 is 0 Å². The van der Waals surface area contributed by atoms with E-state index in [1.54, 1.807) is 0 Å². The van der Waals surface area contributed by atoms with E-state index in [0.29, 0.717) is 5.54 Å². The van der Waals surface area contributed by atoms with Crippen molar-refractivity contribution in [2.24, 2.45) is 5.73 Å². The Morgan fingerprint density at radius 1 is 1.32 bits per heavy atom. The normalized spacial score (nSPS) is 19.1. The van der Waals surface area contributed by atoms with Crippen LogP contribution in [0.25, 0.3) is 0 Å². The van der Waals surface area contributed by atoms with E-state index in [-0.39, 0.29) is 6.04 Å². The van der Waals surface area contributed by atoms with E-state index in [1.807, 2.05) is 13.1 Å². The van der Waals surface area contributed by atoms with E-state index in [1.165, 1.54) is 19.3 Å². The number of anilines is 1. The van der Waals surface area contributed by atoms with Gasteiger partial charge in [-0.05, 0) is 51.9 Å². The maximum Gasteiger partial charge on any atom is 0.128 e. The standard InChI is InChI=1S/C15H26N4/c1-12(16)13-6-7-14(17-10-13)19(4)11-15(18(2)3)8-5-9-15/h6-7,10,12H,5,8-9,11,16H2,1-4H3/t12-/m1/s1. The zero-order valence-corrected chi connectivity index (χ0v) is 12.6. The average molecular weight is 262 g/mol. The third kappa shape index (κ3) is 2.90. The monoisotopic (exact) mass is 262 g/mol. The van der Waals surface area contributed by atoms with Crippen LogP contribution in [0.3, 0.4) is 0 Å². The second-order valence-electron chi connectivity index (χ2n) is 6.07. The van der Waals surface area contributed by atoms with Crippen molar-refractivity contribution >= 4 is 5.82 Å². The molecule has 1 heterocycles. The van der Waals surface area contributed by atoms with Crippen molar-refractivity contribution in [2.45, 2.75) is 37.8 Å². The van der Waals surface area contributed by atoms with Crippen molar-refractivity contribution < 1.29 is 0 Å². The Labute approximate surface area is 116 Å². The molecule has 1 aliphatic carbocycles. The molecule has 4 nitrogen and oxygen atoms in total. The van der Waals surface area contributed by atoms with Gasteiger partial charge in [0, 0.05) is 31.4 Å². The quantitative estimate of drug-likeness (QED) is 0.882. The summed E-state index contributed by atoms with van der Waals surface area (Å²) in [4.78, 5) is 9.15. The van der Waals surface area contributed by atoms with Gasteiger partial charge in [-0.1, -0.05) is 6.07 Å². The van der Waals surface area contributed by atoms with Gasteiger partial charge in [0.25, 0.3) is 0 Å². The summed E-state index contributed by atoms with van der Waals surface area (Å²) in [6, 6.07) is 4.19. The van der Waals surface area contributed by atoms with Gasteiger partial charge < -0.3 is 15.5 Å². The number of pyridine rings is 1. The van der Waals surface area contributed by atoms with E-state index in [4.69, 9.17) is 5.73 Å². The van der Waals surface area contributed by atoms with Crippen LogP contribution in [-0.4, -0.2) is 43.1 Å². The molecule has 106 valence electrons. The van der Waals surface area contributed by atoms with Crippen LogP contribution in [0.5, 0.6) is 0 Å². The topological polar surface area (TPSA) is 45.4 Å². The molecule has 0 spiro atoms. The summed E-state index contributed by atoms with van der Waals surface area (Å²) in [6.45, 7) is 3.01. The van der Waals surface area contributed by atoms with Gasteiger partial charge in [-0.3, -0.25) is 0 Å². The van der Waals surface area contributed by atoms with E-state index in [2.05, 4.69) is 48.1 Å². The molecule has 0 aromatic carbocycles. The third-order valence-electron chi connectivity index (χ3n) is 4.45. The first-order chi connectivity index (χ1) is 8.94. The van der Waals surface area contributed by atoms with Crippen LogP contribution in [-0.2, 0) is 0 Å². The Kier molecular flexibility index (Phi) is 4.11. The van der Waals surface area contributed by atoms with Crippen molar-refractivity contribution in [1.82, 2.24) is 9.88 Å². The second-order valence-corrected chi connectivity index (χ2v) is 6.07. The smallest absolute Gasteiger partial charge is 0.128 e. The summed E-state index contributed by atoms with van der Waals surface area (Å²) < 4.78 is 0. The zero-order chi connectivity index (χ0) is 14.0. The van der Waals surface area contributed by atoms with E-state index in [9.17, 15) is 0 Å². The summed E-state index contributed by atoms with van der Waals surface area (Å²) in [7, 11) is 6.48. The number of rotatable bonds is 5. The van der Waals surface area contributed by atoms with Crippen molar-refractivity contribution in [3.63, 3.8) is 0 Å². The molecule has 1 saturated carbocycles. The highest BCUT2D eigenvalue weighted by Crippen LogP contribution is 2.37. The molecule has 0 bridgehead atoms. The molecule has 19 heavy (non-hydrogen) atoms. The number of nitrogens with two attached hydrogens (primary N) is 1. The molecule has 1 aliphatic rings. The molecule has 0 radical (unpaired) electrons. The third-order valence-corrected chi connectivity index (χ3v) is 4.45. The molecule has 0 unspecified atom stereocenters. The van der Waals surface area contributed by atoms with Crippen LogP contribution in [0.2, 0.25) is 0 Å². The fraction of sp³-hybridized carbons (Fsp3) is 0.667. The first-order valence-corrected chi connectivity index (χ1v) is 7.05. The van der Waals surface area contributed by atoms with Crippen molar-refractivity contribution in [3.8, 4) is 0 Å². The lowest BCUT2D eigenvalue weighted by Gasteiger charge is -2.49. The van der Waals surface area contributed by atoms with Gasteiger partial charge in [0.15, 0.2) is 0 Å². The molecule has 0 saturated heterocycles. The van der Waals surface area contributed by atoms with Gasteiger partial charge >= 0.3 is 0 Å². The van der Waals surface area contributed by atoms with Gasteiger partial charge in [-0.15, -0.1) is 0 Å². The SMILES string of the molecule is C[C@@H](N)c1ccc(N(C)CC2(N(C)C)CCC2)nc1. The Hall–Kier alpha value is -1.13. The summed E-state index contributed by atoms with van der Waals surface area (Å²) >= 11 is 0. The lowest BCUT2D eigenvalue weighted by Crippen LogP contribution is -2.56. The largest absolute Gasteiger partial charge is 0.358 e. The minimum absolute atomic E-state index is 0.0478. The average Bonchev–Trinajstić information content (AvgIpc) is 2.33. The minimum atomic E-state index is 0.0478. The maximum absolute atomic E-state index is 5.85. The Morgan fingerprint density at radius 3 is 2.37 bits per heavy atom. The molecule has 2 N–H and O–H groups in total. The highest BCUT2D eigenvalue weighted by Gasteiger charge is 2.40. The molecule has 4 heteroatoms. The fourth-order valence-corrected chi connectivity index (χ4v) is 2.75. The lowest BCUT2D eigenvalue weighted by atomic mass is 9.75. The van der Waals surface area contributed by atoms with Crippen molar-refractivity contribution in [1.29, 1.82) is 0 Å². The summed E-state index contributed by atoms with van der Waals surface area (Å²) in [5, 5.41) is 0. The first kappa shape index (κ1) is 14.3. The van der Waals surface area contributed by atoms with Crippen molar-refractivity contribution in [3.05, 3.63) is 23.9 Å². The number of aromatic nitrogens is 1. The Bertz CT molecular complexity index is 407. The molecule has 1 atom stereocenters. The molecule has 0 aliphatic heterocycles. The van der Waals surface area contributed by atoms with Crippen LogP contribution < -0.4 is 10.6 Å². The Morgan fingerprint density at radius 2 is 2.00 bits per heavy atom. The number of nitrogens with zero attached hydrogens (tertiary/aromatic N) is 3. The molecule has 1 aromatic rings. The van der Waals surface area contributed by atoms with Crippen molar-refractivity contribution in [2.75, 3.05) is 32.6 Å². The van der Waals surface area contributed by atoms with Gasteiger partial charge in [0.1, 0.15) is 5.82 Å². The predicted molar refractivity (Wildman–Crippen MR) is 80.4 cm³/mol. The van der Waals surface area contributed by atoms with Crippen LogP contribution in [0.15, 0.2) is 18.3 Å². The maximum atomic E-state index is 5.85. The van der Waals surface area contributed by atoms with Gasteiger partial charge in [-0.25, -0.2) is 4.98 Å². The molecule has 2 rings (SSSR count). The molecule has 0 amide bonds. The van der Waals surface area contributed by atoms with Crippen LogP contribution in [0, 0.1) is 0 Å². The van der Waals surface area contributed by atoms with Crippen LogP contribution in [0.4, 0.5) is 5.82 Å². The number of hydrogen-bond acceptors (Lipinski definition) is 4. The highest BCUT2D eigenvalue weighted by molar-refractivity contribution is 5.39. The molecule has 1 aromatic heterocycles. The highest BCUT2D eigenvalue weighted by atomic mass is 15.2. The van der Waals surface area contributed by atoms with Crippen LogP contribution >= 0.6 is 0 Å². The first-order valence-electron chi connectivity index (χ1n) is 7.05. The van der Waals surface area contributed by atoms with E-state index >= 15 is 0 Å². The molecule has 1 fully saturated rings. The second kappa shape index (κ2) is 5.47. The van der Waals surface area contributed by atoms with Crippen LogP contribution in [0.1, 0.15) is 37.8 Å². The number of hydrogen-bond donors (Lipinski definition) is 1. The number of likely N-dealkylation sites (N-methyl/N-ethyl adjacent to an activating group) is 2. The van der Waals surface area contributed by atoms with Gasteiger partial charge in [0.05, 0.1) is 0 Å². The molecular formula is C15H26N4. The van der Waals surface area contributed by atoms with Gasteiger partial charge in [-0.2, -0.15) is 0 Å². The summed E-state index contributed by atoms with van der Waals surface area (Å²) in [5.41, 5.74) is 7.27. The summed E-state index contributed by atoms with van der Waals surface area (Å²) in [6.07, 6.45) is 5.78. The lowest BCUT2D eigenvalue weighted by molar-refractivity contribution is 0.0682. The van der Waals surface area contributed by atoms with E-state index in [0.717, 1.165) is 17.9 Å². The minimum Gasteiger partial charge on any atom is -0.358 e. The fourth-order valence-electron chi connectivity index (χ4n) is 2.75. The zero-order valence-electron chi connectivity index (χ0n) is 12.6. The predicted octanol–water partition coefficient (Wildman–Crippen LogP) is 2.02. The molecular weight excluding hydrogens is 236 g/mol. The van der Waals surface area contributed by atoms with Gasteiger partial charge in [0.2, 0.25) is 0 Å². The Balaban J connectivity index is 2.05. The summed E-state index contributed by atoms with van der Waals surface area (Å²) in [5.74, 6) is 1.03.